The van der Waals surface area contributed by atoms with Crippen molar-refractivity contribution in [3.63, 3.8) is 0 Å². The van der Waals surface area contributed by atoms with Crippen molar-refractivity contribution < 1.29 is 19.4 Å². The summed E-state index contributed by atoms with van der Waals surface area (Å²) in [6.45, 7) is 5.89. The summed E-state index contributed by atoms with van der Waals surface area (Å²) in [4.78, 5) is 22.1. The van der Waals surface area contributed by atoms with Gasteiger partial charge in [0.25, 0.3) is 0 Å². The van der Waals surface area contributed by atoms with Crippen LogP contribution in [0.5, 0.6) is 0 Å². The summed E-state index contributed by atoms with van der Waals surface area (Å²) in [6.07, 6.45) is 6.80. The Kier molecular flexibility index (Phi) is 10.2. The fourth-order valence-corrected chi connectivity index (χ4v) is 1.91. The average Bonchev–Trinajstić information content (AvgIpc) is 2.34. The lowest BCUT2D eigenvalue weighted by Crippen LogP contribution is -2.21. The fraction of sp³-hybridized carbons (Fsp3) is 0.867. The molecule has 0 saturated carbocycles. The van der Waals surface area contributed by atoms with Gasteiger partial charge in [-0.2, -0.15) is 0 Å². The molecule has 0 spiro atoms. The standard InChI is InChI=1S/C15H28O4/c1-4-5-6-7-10-13(3)19-15(18)12(2)9-8-11-14(16)17/h12-13H,4-11H2,1-3H3,(H,16,17). The number of esters is 1. The molecule has 0 aliphatic rings. The van der Waals surface area contributed by atoms with Gasteiger partial charge < -0.3 is 9.84 Å². The highest BCUT2D eigenvalue weighted by Crippen LogP contribution is 2.14. The maximum atomic E-state index is 11.7. The maximum absolute atomic E-state index is 11.7. The molecule has 0 aliphatic heterocycles. The normalized spacial score (nSPS) is 13.8. The van der Waals surface area contributed by atoms with E-state index in [9.17, 15) is 9.59 Å². The Morgan fingerprint density at radius 2 is 1.74 bits per heavy atom. The van der Waals surface area contributed by atoms with Crippen molar-refractivity contribution in [3.8, 4) is 0 Å². The van der Waals surface area contributed by atoms with Gasteiger partial charge >= 0.3 is 11.9 Å². The van der Waals surface area contributed by atoms with Crippen LogP contribution in [0.2, 0.25) is 0 Å². The minimum Gasteiger partial charge on any atom is -0.481 e. The molecule has 4 heteroatoms. The monoisotopic (exact) mass is 272 g/mol. The number of carbonyl (C=O) groups is 2. The molecule has 0 rings (SSSR count). The van der Waals surface area contributed by atoms with Gasteiger partial charge in [-0.25, -0.2) is 0 Å². The zero-order valence-corrected chi connectivity index (χ0v) is 12.5. The molecule has 0 bridgehead atoms. The van der Waals surface area contributed by atoms with Crippen LogP contribution < -0.4 is 0 Å². The van der Waals surface area contributed by atoms with Crippen LogP contribution in [-0.4, -0.2) is 23.1 Å². The van der Waals surface area contributed by atoms with E-state index in [0.717, 1.165) is 12.8 Å². The number of rotatable bonds is 11. The first-order valence-electron chi connectivity index (χ1n) is 7.39. The predicted molar refractivity (Wildman–Crippen MR) is 75.0 cm³/mol. The van der Waals surface area contributed by atoms with E-state index in [-0.39, 0.29) is 24.4 Å². The van der Waals surface area contributed by atoms with Gasteiger partial charge in [0.15, 0.2) is 0 Å². The first kappa shape index (κ1) is 17.9. The molecule has 0 aromatic heterocycles. The molecule has 0 amide bonds. The van der Waals surface area contributed by atoms with Crippen molar-refractivity contribution >= 4 is 11.9 Å². The molecule has 0 radical (unpaired) electrons. The predicted octanol–water partition coefficient (Wildman–Crippen LogP) is 3.78. The lowest BCUT2D eigenvalue weighted by molar-refractivity contribution is -0.153. The van der Waals surface area contributed by atoms with Gasteiger partial charge in [-0.3, -0.25) is 9.59 Å². The van der Waals surface area contributed by atoms with Crippen LogP contribution in [0, 0.1) is 5.92 Å². The number of carboxylic acid groups (broad SMARTS) is 1. The lowest BCUT2D eigenvalue weighted by Gasteiger charge is -2.16. The molecule has 0 aliphatic carbocycles. The van der Waals surface area contributed by atoms with Gasteiger partial charge in [0.2, 0.25) is 0 Å². The van der Waals surface area contributed by atoms with Crippen LogP contribution in [0.25, 0.3) is 0 Å². The summed E-state index contributed by atoms with van der Waals surface area (Å²) < 4.78 is 5.36. The summed E-state index contributed by atoms with van der Waals surface area (Å²) >= 11 is 0. The number of unbranched alkanes of at least 4 members (excludes halogenated alkanes) is 3. The Morgan fingerprint density at radius 1 is 1.05 bits per heavy atom. The van der Waals surface area contributed by atoms with E-state index in [4.69, 9.17) is 9.84 Å². The third-order valence-electron chi connectivity index (χ3n) is 3.21. The van der Waals surface area contributed by atoms with E-state index in [1.54, 1.807) is 6.92 Å². The van der Waals surface area contributed by atoms with E-state index < -0.39 is 5.97 Å². The summed E-state index contributed by atoms with van der Waals surface area (Å²) in [7, 11) is 0. The summed E-state index contributed by atoms with van der Waals surface area (Å²) in [5.74, 6) is -1.23. The van der Waals surface area contributed by atoms with Crippen molar-refractivity contribution in [2.45, 2.75) is 78.2 Å². The molecule has 112 valence electrons. The molecule has 1 N–H and O–H groups in total. The third-order valence-corrected chi connectivity index (χ3v) is 3.21. The summed E-state index contributed by atoms with van der Waals surface area (Å²) in [6, 6.07) is 0. The Labute approximate surface area is 116 Å². The fourth-order valence-electron chi connectivity index (χ4n) is 1.91. The quantitative estimate of drug-likeness (QED) is 0.459. The molecular weight excluding hydrogens is 244 g/mol. The average molecular weight is 272 g/mol. The second-order valence-corrected chi connectivity index (χ2v) is 5.28. The Morgan fingerprint density at radius 3 is 2.32 bits per heavy atom. The van der Waals surface area contributed by atoms with Gasteiger partial charge in [-0.15, -0.1) is 0 Å². The Balaban J connectivity index is 3.72. The largest absolute Gasteiger partial charge is 0.481 e. The molecule has 19 heavy (non-hydrogen) atoms. The number of hydrogen-bond acceptors (Lipinski definition) is 3. The van der Waals surface area contributed by atoms with Crippen molar-refractivity contribution in [2.24, 2.45) is 5.92 Å². The van der Waals surface area contributed by atoms with Gasteiger partial charge in [-0.1, -0.05) is 33.1 Å². The van der Waals surface area contributed by atoms with Gasteiger partial charge in [-0.05, 0) is 32.6 Å². The third kappa shape index (κ3) is 10.5. The van der Waals surface area contributed by atoms with E-state index in [2.05, 4.69) is 6.92 Å². The van der Waals surface area contributed by atoms with Crippen LogP contribution in [-0.2, 0) is 14.3 Å². The molecule has 0 saturated heterocycles. The maximum Gasteiger partial charge on any atom is 0.308 e. The van der Waals surface area contributed by atoms with Crippen LogP contribution in [0.4, 0.5) is 0 Å². The Bertz CT molecular complexity index is 263. The summed E-state index contributed by atoms with van der Waals surface area (Å²) in [5.41, 5.74) is 0. The first-order valence-corrected chi connectivity index (χ1v) is 7.39. The van der Waals surface area contributed by atoms with E-state index >= 15 is 0 Å². The summed E-state index contributed by atoms with van der Waals surface area (Å²) in [5, 5.41) is 8.54. The van der Waals surface area contributed by atoms with Gasteiger partial charge in [0.1, 0.15) is 0 Å². The molecule has 0 heterocycles. The lowest BCUT2D eigenvalue weighted by atomic mass is 10.0. The number of carboxylic acids is 1. The topological polar surface area (TPSA) is 63.6 Å². The minimum absolute atomic E-state index is 0.0359. The van der Waals surface area contributed by atoms with Crippen molar-refractivity contribution in [1.29, 1.82) is 0 Å². The number of carbonyl (C=O) groups excluding carboxylic acids is 1. The smallest absolute Gasteiger partial charge is 0.308 e. The van der Waals surface area contributed by atoms with Crippen molar-refractivity contribution in [2.75, 3.05) is 0 Å². The Hall–Kier alpha value is -1.06. The highest BCUT2D eigenvalue weighted by Gasteiger charge is 2.17. The van der Waals surface area contributed by atoms with Gasteiger partial charge in [0, 0.05) is 6.42 Å². The highest BCUT2D eigenvalue weighted by atomic mass is 16.5. The van der Waals surface area contributed by atoms with Crippen LogP contribution in [0.1, 0.15) is 72.1 Å². The van der Waals surface area contributed by atoms with Crippen LogP contribution in [0.15, 0.2) is 0 Å². The molecular formula is C15H28O4. The van der Waals surface area contributed by atoms with E-state index in [0.29, 0.717) is 12.8 Å². The van der Waals surface area contributed by atoms with Crippen molar-refractivity contribution in [1.82, 2.24) is 0 Å². The van der Waals surface area contributed by atoms with E-state index in [1.807, 2.05) is 6.92 Å². The number of aliphatic carboxylic acids is 1. The highest BCUT2D eigenvalue weighted by molar-refractivity contribution is 5.72. The number of ether oxygens (including phenoxy) is 1. The van der Waals surface area contributed by atoms with Crippen LogP contribution in [0.3, 0.4) is 0 Å². The van der Waals surface area contributed by atoms with Gasteiger partial charge in [0.05, 0.1) is 12.0 Å². The molecule has 2 unspecified atom stereocenters. The zero-order valence-electron chi connectivity index (χ0n) is 12.5. The first-order chi connectivity index (χ1) is 8.97. The second-order valence-electron chi connectivity index (χ2n) is 5.28. The molecule has 0 fully saturated rings. The second kappa shape index (κ2) is 10.8. The molecule has 4 nitrogen and oxygen atoms in total. The molecule has 2 atom stereocenters. The van der Waals surface area contributed by atoms with Crippen LogP contribution >= 0.6 is 0 Å². The SMILES string of the molecule is CCCCCCC(C)OC(=O)C(C)CCCC(=O)O. The van der Waals surface area contributed by atoms with Crippen molar-refractivity contribution in [3.05, 3.63) is 0 Å². The zero-order chi connectivity index (χ0) is 14.7. The molecule has 0 aromatic carbocycles. The molecule has 0 aromatic rings. The minimum atomic E-state index is -0.815. The van der Waals surface area contributed by atoms with E-state index in [1.165, 1.54) is 19.3 Å². The number of hydrogen-bond donors (Lipinski definition) is 1.